The van der Waals surface area contributed by atoms with E-state index in [-0.39, 0.29) is 18.0 Å². The zero-order valence-corrected chi connectivity index (χ0v) is 12.1. The van der Waals surface area contributed by atoms with Crippen molar-refractivity contribution in [1.29, 1.82) is 0 Å². The first-order valence-electron chi connectivity index (χ1n) is 7.37. The summed E-state index contributed by atoms with van der Waals surface area (Å²) in [6.07, 6.45) is 4.77. The maximum absolute atomic E-state index is 12.2. The number of nitrogens with two attached hydrogens (primary N) is 1. The Kier molecular flexibility index (Phi) is 5.41. The highest BCUT2D eigenvalue weighted by Gasteiger charge is 2.27. The summed E-state index contributed by atoms with van der Waals surface area (Å²) in [5.74, 6) is 0.917. The van der Waals surface area contributed by atoms with E-state index in [4.69, 9.17) is 10.5 Å². The van der Waals surface area contributed by atoms with Crippen LogP contribution in [0.5, 0.6) is 5.75 Å². The number of hydrogen-bond acceptors (Lipinski definition) is 3. The van der Waals surface area contributed by atoms with Crippen LogP contribution in [0.15, 0.2) is 30.3 Å². The van der Waals surface area contributed by atoms with E-state index < -0.39 is 0 Å². The topological polar surface area (TPSA) is 55.6 Å². The van der Waals surface area contributed by atoms with E-state index in [0.29, 0.717) is 13.0 Å². The smallest absolute Gasteiger partial charge is 0.226 e. The lowest BCUT2D eigenvalue weighted by atomic mass is 9.90. The summed E-state index contributed by atoms with van der Waals surface area (Å²) in [5, 5.41) is 0. The van der Waals surface area contributed by atoms with E-state index >= 15 is 0 Å². The maximum Gasteiger partial charge on any atom is 0.226 e. The van der Waals surface area contributed by atoms with Crippen molar-refractivity contribution in [2.24, 2.45) is 5.73 Å². The van der Waals surface area contributed by atoms with E-state index in [1.165, 1.54) is 6.42 Å². The van der Waals surface area contributed by atoms with E-state index in [1.807, 2.05) is 42.3 Å². The standard InChI is InChI=1S/C16H24N2O2/c1-18(15-10-6-5-9-14(15)17)16(19)11-12-20-13-7-3-2-4-8-13/h2-4,7-8,14-15H,5-6,9-12,17H2,1H3. The van der Waals surface area contributed by atoms with Crippen LogP contribution in [-0.4, -0.2) is 36.5 Å². The van der Waals surface area contributed by atoms with Gasteiger partial charge in [0.2, 0.25) is 5.91 Å². The molecule has 1 saturated carbocycles. The third-order valence-corrected chi connectivity index (χ3v) is 4.00. The van der Waals surface area contributed by atoms with Crippen LogP contribution in [0.3, 0.4) is 0 Å². The molecule has 0 radical (unpaired) electrons. The highest BCUT2D eigenvalue weighted by atomic mass is 16.5. The van der Waals surface area contributed by atoms with Crippen molar-refractivity contribution in [2.75, 3.05) is 13.7 Å². The van der Waals surface area contributed by atoms with Gasteiger partial charge in [0.25, 0.3) is 0 Å². The predicted octanol–water partition coefficient (Wildman–Crippen LogP) is 2.18. The van der Waals surface area contributed by atoms with E-state index in [2.05, 4.69) is 0 Å². The molecule has 2 atom stereocenters. The summed E-state index contributed by atoms with van der Waals surface area (Å²) in [5.41, 5.74) is 6.11. The van der Waals surface area contributed by atoms with Crippen LogP contribution in [0.4, 0.5) is 0 Å². The van der Waals surface area contributed by atoms with Gasteiger partial charge in [0.05, 0.1) is 13.0 Å². The number of carbonyl (C=O) groups is 1. The van der Waals surface area contributed by atoms with Crippen LogP contribution in [-0.2, 0) is 4.79 Å². The molecule has 1 amide bonds. The molecule has 1 aromatic carbocycles. The number of amides is 1. The molecule has 1 fully saturated rings. The number of carbonyl (C=O) groups excluding carboxylic acids is 1. The Hall–Kier alpha value is -1.55. The van der Waals surface area contributed by atoms with Crippen LogP contribution >= 0.6 is 0 Å². The summed E-state index contributed by atoms with van der Waals surface area (Å²) >= 11 is 0. The first kappa shape index (κ1) is 14.9. The Bertz CT molecular complexity index is 422. The first-order valence-corrected chi connectivity index (χ1v) is 7.37. The van der Waals surface area contributed by atoms with Gasteiger partial charge in [-0.3, -0.25) is 4.79 Å². The zero-order chi connectivity index (χ0) is 14.4. The molecule has 0 bridgehead atoms. The monoisotopic (exact) mass is 276 g/mol. The zero-order valence-electron chi connectivity index (χ0n) is 12.1. The average Bonchev–Trinajstić information content (AvgIpc) is 2.48. The molecule has 2 rings (SSSR count). The highest BCUT2D eigenvalue weighted by molar-refractivity contribution is 5.76. The summed E-state index contributed by atoms with van der Waals surface area (Å²) in [4.78, 5) is 14.0. The van der Waals surface area contributed by atoms with E-state index in [1.54, 1.807) is 0 Å². The fourth-order valence-electron chi connectivity index (χ4n) is 2.76. The molecule has 0 saturated heterocycles. The lowest BCUT2D eigenvalue weighted by molar-refractivity contribution is -0.133. The van der Waals surface area contributed by atoms with Crippen molar-refractivity contribution in [3.8, 4) is 5.75 Å². The molecule has 1 aromatic rings. The molecule has 0 heterocycles. The van der Waals surface area contributed by atoms with Gasteiger partial charge >= 0.3 is 0 Å². The minimum atomic E-state index is 0.114. The molecule has 0 aliphatic heterocycles. The molecule has 1 aliphatic rings. The molecule has 4 nitrogen and oxygen atoms in total. The van der Waals surface area contributed by atoms with Crippen molar-refractivity contribution >= 4 is 5.91 Å². The molecular formula is C16H24N2O2. The number of rotatable bonds is 5. The van der Waals surface area contributed by atoms with Gasteiger partial charge in [0.1, 0.15) is 5.75 Å². The third-order valence-electron chi connectivity index (χ3n) is 4.00. The number of hydrogen-bond donors (Lipinski definition) is 1. The summed E-state index contributed by atoms with van der Waals surface area (Å²) < 4.78 is 5.56. The van der Waals surface area contributed by atoms with Crippen molar-refractivity contribution in [3.05, 3.63) is 30.3 Å². The van der Waals surface area contributed by atoms with Crippen LogP contribution in [0.25, 0.3) is 0 Å². The Morgan fingerprint density at radius 3 is 2.70 bits per heavy atom. The number of likely N-dealkylation sites (N-methyl/N-ethyl adjacent to an activating group) is 1. The Labute approximate surface area is 120 Å². The lowest BCUT2D eigenvalue weighted by Gasteiger charge is -2.36. The van der Waals surface area contributed by atoms with Gasteiger partial charge in [-0.15, -0.1) is 0 Å². The summed E-state index contributed by atoms with van der Waals surface area (Å²) in [7, 11) is 1.86. The molecular weight excluding hydrogens is 252 g/mol. The summed E-state index contributed by atoms with van der Waals surface area (Å²) in [6, 6.07) is 9.88. The lowest BCUT2D eigenvalue weighted by Crippen LogP contribution is -2.50. The van der Waals surface area contributed by atoms with Gasteiger partial charge in [0, 0.05) is 19.1 Å². The Morgan fingerprint density at radius 1 is 1.30 bits per heavy atom. The second-order valence-electron chi connectivity index (χ2n) is 5.43. The van der Waals surface area contributed by atoms with E-state index in [9.17, 15) is 4.79 Å². The average molecular weight is 276 g/mol. The molecule has 2 N–H and O–H groups in total. The second kappa shape index (κ2) is 7.29. The fourth-order valence-corrected chi connectivity index (χ4v) is 2.76. The third kappa shape index (κ3) is 3.97. The van der Waals surface area contributed by atoms with Crippen molar-refractivity contribution in [2.45, 2.75) is 44.2 Å². The first-order chi connectivity index (χ1) is 9.68. The molecule has 0 spiro atoms. The molecule has 1 aliphatic carbocycles. The fraction of sp³-hybridized carbons (Fsp3) is 0.562. The number of nitrogens with zero attached hydrogens (tertiary/aromatic N) is 1. The second-order valence-corrected chi connectivity index (χ2v) is 5.43. The number of ether oxygens (including phenoxy) is 1. The van der Waals surface area contributed by atoms with Crippen molar-refractivity contribution < 1.29 is 9.53 Å². The van der Waals surface area contributed by atoms with Crippen LogP contribution in [0.1, 0.15) is 32.1 Å². The minimum absolute atomic E-state index is 0.114. The van der Waals surface area contributed by atoms with Gasteiger partial charge in [-0.05, 0) is 25.0 Å². The van der Waals surface area contributed by atoms with Crippen molar-refractivity contribution in [3.63, 3.8) is 0 Å². The van der Waals surface area contributed by atoms with Crippen LogP contribution < -0.4 is 10.5 Å². The molecule has 20 heavy (non-hydrogen) atoms. The molecule has 2 unspecified atom stereocenters. The van der Waals surface area contributed by atoms with Gasteiger partial charge in [-0.2, -0.15) is 0 Å². The van der Waals surface area contributed by atoms with Gasteiger partial charge in [-0.1, -0.05) is 31.0 Å². The molecule has 0 aromatic heterocycles. The SMILES string of the molecule is CN(C(=O)CCOc1ccccc1)C1CCCCC1N. The van der Waals surface area contributed by atoms with E-state index in [0.717, 1.165) is 25.0 Å². The number of para-hydroxylation sites is 1. The minimum Gasteiger partial charge on any atom is -0.493 e. The predicted molar refractivity (Wildman–Crippen MR) is 79.6 cm³/mol. The van der Waals surface area contributed by atoms with Crippen LogP contribution in [0, 0.1) is 0 Å². The quantitative estimate of drug-likeness (QED) is 0.897. The largest absolute Gasteiger partial charge is 0.493 e. The van der Waals surface area contributed by atoms with Crippen LogP contribution in [0.2, 0.25) is 0 Å². The molecule has 110 valence electrons. The molecule has 4 heteroatoms. The van der Waals surface area contributed by atoms with Gasteiger partial charge in [-0.25, -0.2) is 0 Å². The number of benzene rings is 1. The van der Waals surface area contributed by atoms with Gasteiger partial charge in [0.15, 0.2) is 0 Å². The Balaban J connectivity index is 1.76. The summed E-state index contributed by atoms with van der Waals surface area (Å²) in [6.45, 7) is 0.412. The highest BCUT2D eigenvalue weighted by Crippen LogP contribution is 2.21. The Morgan fingerprint density at radius 2 is 2.00 bits per heavy atom. The normalized spacial score (nSPS) is 22.3. The van der Waals surface area contributed by atoms with Crippen molar-refractivity contribution in [1.82, 2.24) is 4.90 Å². The maximum atomic E-state index is 12.2. The van der Waals surface area contributed by atoms with Gasteiger partial charge < -0.3 is 15.4 Å².